The zero-order valence-corrected chi connectivity index (χ0v) is 15.7. The van der Waals surface area contributed by atoms with Gasteiger partial charge in [0.2, 0.25) is 5.78 Å². The van der Waals surface area contributed by atoms with Crippen molar-refractivity contribution in [2.24, 2.45) is 0 Å². The summed E-state index contributed by atoms with van der Waals surface area (Å²) in [6.07, 6.45) is 1.63. The molecule has 0 radical (unpaired) electrons. The van der Waals surface area contributed by atoms with Gasteiger partial charge in [0.15, 0.2) is 5.76 Å². The smallest absolute Gasteiger partial charge is 0.231 e. The van der Waals surface area contributed by atoms with Gasteiger partial charge in [0.25, 0.3) is 0 Å². The molecule has 7 heteroatoms. The number of nitrogens with zero attached hydrogens (tertiary/aromatic N) is 3. The first-order valence-electron chi connectivity index (χ1n) is 8.05. The minimum absolute atomic E-state index is 0.0181. The quantitative estimate of drug-likeness (QED) is 0.582. The van der Waals surface area contributed by atoms with Gasteiger partial charge in [-0.1, -0.05) is 34.1 Å². The summed E-state index contributed by atoms with van der Waals surface area (Å²) in [4.78, 5) is 14.3. The van der Waals surface area contributed by atoms with Crippen molar-refractivity contribution in [3.05, 3.63) is 63.3 Å². The molecule has 2 aromatic rings. The van der Waals surface area contributed by atoms with E-state index in [1.165, 1.54) is 12.1 Å². The van der Waals surface area contributed by atoms with Gasteiger partial charge in [0.1, 0.15) is 11.5 Å². The van der Waals surface area contributed by atoms with Crippen LogP contribution in [0.2, 0.25) is 0 Å². The van der Waals surface area contributed by atoms with E-state index in [0.717, 1.165) is 10.0 Å². The number of ether oxygens (including phenoxy) is 1. The fourth-order valence-corrected chi connectivity index (χ4v) is 3.17. The second kappa shape index (κ2) is 8.05. The second-order valence-corrected chi connectivity index (χ2v) is 6.72. The lowest BCUT2D eigenvalue weighted by atomic mass is 10.0. The highest BCUT2D eigenvalue weighted by molar-refractivity contribution is 9.10. The third-order valence-corrected chi connectivity index (χ3v) is 4.80. The lowest BCUT2D eigenvalue weighted by Gasteiger charge is -2.17. The number of nitriles is 2. The average molecular weight is 424 g/mol. The van der Waals surface area contributed by atoms with E-state index in [1.807, 2.05) is 36.4 Å². The Kier molecular flexibility index (Phi) is 5.56. The van der Waals surface area contributed by atoms with Crippen molar-refractivity contribution in [3.8, 4) is 23.6 Å². The van der Waals surface area contributed by atoms with Gasteiger partial charge < -0.3 is 9.84 Å². The van der Waals surface area contributed by atoms with E-state index in [0.29, 0.717) is 11.1 Å². The molecule has 27 heavy (non-hydrogen) atoms. The van der Waals surface area contributed by atoms with Gasteiger partial charge in [-0.3, -0.25) is 9.69 Å². The molecule has 2 aromatic carbocycles. The number of ketones is 1. The number of benzene rings is 2. The molecule has 0 fully saturated rings. The Morgan fingerprint density at radius 3 is 2.52 bits per heavy atom. The lowest BCUT2D eigenvalue weighted by molar-refractivity contribution is 0.101. The molecule has 0 unspecified atom stereocenters. The van der Waals surface area contributed by atoms with Crippen molar-refractivity contribution in [2.75, 3.05) is 13.1 Å². The van der Waals surface area contributed by atoms with Gasteiger partial charge in [-0.15, -0.1) is 0 Å². The zero-order chi connectivity index (χ0) is 19.4. The highest BCUT2D eigenvalue weighted by Crippen LogP contribution is 2.40. The Balaban J connectivity index is 1.98. The van der Waals surface area contributed by atoms with Gasteiger partial charge in [-0.25, -0.2) is 0 Å². The molecular weight excluding hydrogens is 410 g/mol. The Morgan fingerprint density at radius 1 is 1.15 bits per heavy atom. The first-order chi connectivity index (χ1) is 13.0. The zero-order valence-electron chi connectivity index (χ0n) is 14.1. The van der Waals surface area contributed by atoms with Crippen LogP contribution in [0.25, 0.3) is 6.08 Å². The SMILES string of the molecule is N#CCN(CC#N)Cc1c(O)ccc2c1OC(=Cc1ccccc1Br)C2=O. The maximum absolute atomic E-state index is 12.7. The Morgan fingerprint density at radius 2 is 1.85 bits per heavy atom. The maximum atomic E-state index is 12.7. The molecule has 0 aliphatic carbocycles. The van der Waals surface area contributed by atoms with Crippen LogP contribution in [-0.4, -0.2) is 28.9 Å². The summed E-state index contributed by atoms with van der Waals surface area (Å²) in [7, 11) is 0. The average Bonchev–Trinajstić information content (AvgIpc) is 2.96. The third-order valence-electron chi connectivity index (χ3n) is 4.08. The molecule has 0 saturated carbocycles. The van der Waals surface area contributed by atoms with Crippen molar-refractivity contribution in [1.82, 2.24) is 4.90 Å². The Bertz CT molecular complexity index is 1000. The highest BCUT2D eigenvalue weighted by atomic mass is 79.9. The van der Waals surface area contributed by atoms with Crippen LogP contribution in [0.15, 0.2) is 46.6 Å². The largest absolute Gasteiger partial charge is 0.507 e. The van der Waals surface area contributed by atoms with Crippen LogP contribution in [0, 0.1) is 22.7 Å². The Labute approximate surface area is 164 Å². The van der Waals surface area contributed by atoms with E-state index < -0.39 is 0 Å². The standard InChI is InChI=1S/C20H14BrN3O3/c21-16-4-2-1-3-13(16)11-18-19(26)14-5-6-17(25)15(20(14)27-18)12-24(9-7-22)10-8-23/h1-6,11,25H,9-10,12H2. The molecule has 1 heterocycles. The molecular formula is C20H14BrN3O3. The van der Waals surface area contributed by atoms with Crippen molar-refractivity contribution in [3.63, 3.8) is 0 Å². The van der Waals surface area contributed by atoms with Gasteiger partial charge in [0, 0.05) is 11.0 Å². The number of aromatic hydroxyl groups is 1. The minimum atomic E-state index is -0.283. The molecule has 0 spiro atoms. The van der Waals surface area contributed by atoms with Crippen molar-refractivity contribution < 1.29 is 14.6 Å². The molecule has 0 aromatic heterocycles. The van der Waals surface area contributed by atoms with Gasteiger partial charge >= 0.3 is 0 Å². The van der Waals surface area contributed by atoms with E-state index in [4.69, 9.17) is 15.3 Å². The predicted molar refractivity (Wildman–Crippen MR) is 102 cm³/mol. The normalized spacial score (nSPS) is 13.9. The number of carbonyl (C=O) groups is 1. The number of hydrogen-bond acceptors (Lipinski definition) is 6. The second-order valence-electron chi connectivity index (χ2n) is 5.86. The third kappa shape index (κ3) is 3.85. The molecule has 3 rings (SSSR count). The Hall–Kier alpha value is -3.13. The van der Waals surface area contributed by atoms with Crippen LogP contribution < -0.4 is 4.74 Å². The number of fused-ring (bicyclic) bond motifs is 1. The molecule has 0 bridgehead atoms. The van der Waals surface area contributed by atoms with Crippen LogP contribution in [0.1, 0.15) is 21.5 Å². The molecule has 0 amide bonds. The monoisotopic (exact) mass is 423 g/mol. The molecule has 0 atom stereocenters. The highest BCUT2D eigenvalue weighted by Gasteiger charge is 2.31. The van der Waals surface area contributed by atoms with Crippen LogP contribution in [0.4, 0.5) is 0 Å². The fraction of sp³-hybridized carbons (Fsp3) is 0.150. The summed E-state index contributed by atoms with van der Waals surface area (Å²) in [5.41, 5.74) is 1.51. The van der Waals surface area contributed by atoms with Crippen molar-refractivity contribution in [1.29, 1.82) is 10.5 Å². The molecule has 0 saturated heterocycles. The van der Waals surface area contributed by atoms with E-state index in [2.05, 4.69) is 15.9 Å². The summed E-state index contributed by atoms with van der Waals surface area (Å²) < 4.78 is 6.61. The lowest BCUT2D eigenvalue weighted by Crippen LogP contribution is -2.24. The minimum Gasteiger partial charge on any atom is -0.507 e. The number of phenolic OH excluding ortho intramolecular Hbond substituents is 1. The van der Waals surface area contributed by atoms with Crippen LogP contribution in [0.3, 0.4) is 0 Å². The number of halogens is 1. The fourth-order valence-electron chi connectivity index (χ4n) is 2.77. The summed E-state index contributed by atoms with van der Waals surface area (Å²) in [5, 5.41) is 28.1. The van der Waals surface area contributed by atoms with Crippen molar-refractivity contribution in [2.45, 2.75) is 6.54 Å². The number of hydrogen-bond donors (Lipinski definition) is 1. The van der Waals surface area contributed by atoms with Gasteiger partial charge in [0.05, 0.1) is 36.4 Å². The number of phenols is 1. The van der Waals surface area contributed by atoms with Crippen molar-refractivity contribution >= 4 is 27.8 Å². The van der Waals surface area contributed by atoms with E-state index >= 15 is 0 Å². The van der Waals surface area contributed by atoms with Gasteiger partial charge in [-0.2, -0.15) is 10.5 Å². The van der Waals surface area contributed by atoms with E-state index in [9.17, 15) is 9.90 Å². The molecule has 134 valence electrons. The van der Waals surface area contributed by atoms with Gasteiger partial charge in [-0.05, 0) is 29.8 Å². The van der Waals surface area contributed by atoms with Crippen LogP contribution in [-0.2, 0) is 6.54 Å². The van der Waals surface area contributed by atoms with Crippen LogP contribution >= 0.6 is 15.9 Å². The summed E-state index contributed by atoms with van der Waals surface area (Å²) in [6.45, 7) is 0.153. The molecule has 1 aliphatic heterocycles. The topological polar surface area (TPSA) is 97.3 Å². The summed E-state index contributed by atoms with van der Waals surface area (Å²) in [5.74, 6) is 0.0775. The number of allylic oxidation sites excluding steroid dienone is 1. The molecule has 6 nitrogen and oxygen atoms in total. The van der Waals surface area contributed by atoms with E-state index in [1.54, 1.807) is 11.0 Å². The number of carbonyl (C=O) groups excluding carboxylic acids is 1. The molecule has 1 aliphatic rings. The maximum Gasteiger partial charge on any atom is 0.231 e. The number of Topliss-reactive ketones (excluding diaryl/α,β-unsaturated/α-hetero) is 1. The van der Waals surface area contributed by atoms with E-state index in [-0.39, 0.29) is 42.7 Å². The number of rotatable bonds is 5. The first kappa shape index (κ1) is 18.7. The van der Waals surface area contributed by atoms with Crippen LogP contribution in [0.5, 0.6) is 11.5 Å². The first-order valence-corrected chi connectivity index (χ1v) is 8.84. The molecule has 1 N–H and O–H groups in total. The summed E-state index contributed by atoms with van der Waals surface area (Å²) in [6, 6.07) is 14.3. The summed E-state index contributed by atoms with van der Waals surface area (Å²) >= 11 is 3.43. The predicted octanol–water partition coefficient (Wildman–Crippen LogP) is 3.62.